The number of aliphatic hydroxyl groups is 2. The van der Waals surface area contributed by atoms with E-state index < -0.39 is 0 Å². The Morgan fingerprint density at radius 3 is 2.19 bits per heavy atom. The van der Waals surface area contributed by atoms with Gasteiger partial charge in [0.15, 0.2) is 0 Å². The first-order valence-corrected chi connectivity index (χ1v) is 11.0. The van der Waals surface area contributed by atoms with E-state index in [2.05, 4.69) is 54.8 Å². The fourth-order valence-corrected chi connectivity index (χ4v) is 4.99. The van der Waals surface area contributed by atoms with Gasteiger partial charge in [-0.1, -0.05) is 50.2 Å². The van der Waals surface area contributed by atoms with Crippen molar-refractivity contribution < 1.29 is 10.2 Å². The van der Waals surface area contributed by atoms with Gasteiger partial charge in [-0.15, -0.1) is 0 Å². The molecule has 0 atom stereocenters. The first kappa shape index (κ1) is 20.3. The summed E-state index contributed by atoms with van der Waals surface area (Å²) in [5, 5.41) is 21.7. The molecule has 0 saturated carbocycles. The fraction of sp³-hybridized carbons (Fsp3) is 0.214. The Labute approximate surface area is 189 Å². The molecular formula is C28H28N2O2. The Morgan fingerprint density at radius 2 is 1.50 bits per heavy atom. The normalized spacial score (nSPS) is 21.4. The summed E-state index contributed by atoms with van der Waals surface area (Å²) in [6.45, 7) is 7.34. The second-order valence-corrected chi connectivity index (χ2v) is 8.97. The molecule has 0 amide bonds. The topological polar surface area (TPSA) is 46.9 Å². The molecule has 1 aliphatic carbocycles. The van der Waals surface area contributed by atoms with Crippen LogP contribution in [0.1, 0.15) is 31.9 Å². The van der Waals surface area contributed by atoms with Crippen LogP contribution in [0.5, 0.6) is 0 Å². The van der Waals surface area contributed by atoms with Crippen molar-refractivity contribution in [1.82, 2.24) is 0 Å². The fourth-order valence-electron chi connectivity index (χ4n) is 4.99. The highest BCUT2D eigenvalue weighted by Gasteiger charge is 2.39. The molecule has 4 heteroatoms. The summed E-state index contributed by atoms with van der Waals surface area (Å²) in [4.78, 5) is 4.32. The van der Waals surface area contributed by atoms with Crippen LogP contribution >= 0.6 is 0 Å². The molecule has 0 spiro atoms. The first-order chi connectivity index (χ1) is 15.3. The summed E-state index contributed by atoms with van der Waals surface area (Å²) in [5.74, 6) is 0.262. The van der Waals surface area contributed by atoms with Crippen LogP contribution in [-0.4, -0.2) is 23.8 Å². The van der Waals surface area contributed by atoms with E-state index in [4.69, 9.17) is 0 Å². The molecule has 162 valence electrons. The maximum atomic E-state index is 10.9. The van der Waals surface area contributed by atoms with E-state index in [9.17, 15) is 10.2 Å². The maximum absolute atomic E-state index is 10.9. The lowest BCUT2D eigenvalue weighted by molar-refractivity contribution is 0.354. The van der Waals surface area contributed by atoms with Crippen LogP contribution in [0.2, 0.25) is 0 Å². The number of nitrogens with zero attached hydrogens (tertiary/aromatic N) is 2. The van der Waals surface area contributed by atoms with Crippen LogP contribution in [0.15, 0.2) is 101 Å². The van der Waals surface area contributed by atoms with Gasteiger partial charge in [0.05, 0.1) is 11.1 Å². The summed E-state index contributed by atoms with van der Waals surface area (Å²) in [5.41, 5.74) is 7.36. The molecule has 32 heavy (non-hydrogen) atoms. The van der Waals surface area contributed by atoms with Crippen molar-refractivity contribution >= 4 is 16.9 Å². The van der Waals surface area contributed by atoms with Gasteiger partial charge in [-0.25, -0.2) is 0 Å². The number of fused-ring (bicyclic) bond motifs is 2. The Bertz CT molecular complexity index is 1270. The number of likely N-dealkylation sites (N-methyl/N-ethyl adjacent to an activating group) is 1. The molecule has 0 fully saturated rings. The van der Waals surface area contributed by atoms with Crippen LogP contribution in [0.25, 0.3) is 5.57 Å². The lowest BCUT2D eigenvalue weighted by Gasteiger charge is -2.28. The molecule has 0 saturated heterocycles. The van der Waals surface area contributed by atoms with Crippen LogP contribution in [0.4, 0.5) is 11.4 Å². The number of allylic oxidation sites excluding steroid dienone is 5. The number of benzene rings is 2. The number of anilines is 2. The van der Waals surface area contributed by atoms with Crippen LogP contribution < -0.4 is 9.80 Å². The van der Waals surface area contributed by atoms with E-state index in [1.165, 1.54) is 5.56 Å². The highest BCUT2D eigenvalue weighted by molar-refractivity contribution is 5.88. The molecule has 0 radical (unpaired) electrons. The zero-order valence-corrected chi connectivity index (χ0v) is 18.9. The molecule has 0 aromatic heterocycles. The minimum absolute atomic E-state index is 0.131. The number of hydrogen-bond donors (Lipinski definition) is 2. The van der Waals surface area contributed by atoms with E-state index in [1.54, 1.807) is 0 Å². The van der Waals surface area contributed by atoms with Gasteiger partial charge in [0.1, 0.15) is 11.5 Å². The molecule has 4 nitrogen and oxygen atoms in total. The van der Waals surface area contributed by atoms with Crippen LogP contribution in [-0.2, 0) is 5.41 Å². The van der Waals surface area contributed by atoms with Crippen molar-refractivity contribution in [1.29, 1.82) is 0 Å². The molecule has 0 bridgehead atoms. The lowest BCUT2D eigenvalue weighted by Crippen LogP contribution is -2.24. The minimum atomic E-state index is -0.220. The molecule has 2 aromatic carbocycles. The smallest absolute Gasteiger partial charge is 0.137 e. The molecule has 2 aliphatic heterocycles. The number of para-hydroxylation sites is 2. The highest BCUT2D eigenvalue weighted by Crippen LogP contribution is 2.48. The maximum Gasteiger partial charge on any atom is 0.137 e. The Hall–Kier alpha value is -3.66. The molecule has 0 unspecified atom stereocenters. The quantitative estimate of drug-likeness (QED) is 0.601. The van der Waals surface area contributed by atoms with Crippen molar-refractivity contribution in [2.45, 2.75) is 26.2 Å². The zero-order chi connectivity index (χ0) is 22.6. The Morgan fingerprint density at radius 1 is 0.875 bits per heavy atom. The van der Waals surface area contributed by atoms with E-state index in [1.807, 2.05) is 55.7 Å². The van der Waals surface area contributed by atoms with E-state index >= 15 is 0 Å². The summed E-state index contributed by atoms with van der Waals surface area (Å²) in [6.07, 6.45) is 7.85. The molecule has 3 aliphatic rings. The number of aliphatic hydroxyl groups excluding tert-OH is 2. The summed E-state index contributed by atoms with van der Waals surface area (Å²) >= 11 is 0. The van der Waals surface area contributed by atoms with Gasteiger partial charge in [-0.2, -0.15) is 0 Å². The standard InChI is InChI=1S/C28H28N2O2/c1-5-30-15-14-18(19-10-6-8-12-23(19)30)16-20-26(31)21(27(20)32)17-25-28(2,3)22-11-7-9-13-24(22)29(25)4/h6-17,31-32H,5H2,1-4H3. The largest absolute Gasteiger partial charge is 0.506 e. The summed E-state index contributed by atoms with van der Waals surface area (Å²) < 4.78 is 0. The second-order valence-electron chi connectivity index (χ2n) is 8.97. The van der Waals surface area contributed by atoms with Gasteiger partial charge in [-0.3, -0.25) is 0 Å². The number of hydrogen-bond acceptors (Lipinski definition) is 4. The van der Waals surface area contributed by atoms with Crippen molar-refractivity contribution in [2.24, 2.45) is 0 Å². The first-order valence-electron chi connectivity index (χ1n) is 11.0. The second kappa shape index (κ2) is 7.20. The average Bonchev–Trinajstić information content (AvgIpc) is 3.00. The molecule has 2 aromatic rings. The van der Waals surface area contributed by atoms with E-state index in [0.717, 1.165) is 34.8 Å². The third-order valence-electron chi connectivity index (χ3n) is 6.84. The van der Waals surface area contributed by atoms with Gasteiger partial charge in [0.25, 0.3) is 0 Å². The highest BCUT2D eigenvalue weighted by atomic mass is 16.3. The molecule has 2 heterocycles. The van der Waals surface area contributed by atoms with Gasteiger partial charge in [0, 0.05) is 47.8 Å². The van der Waals surface area contributed by atoms with Crippen molar-refractivity contribution in [3.8, 4) is 0 Å². The predicted molar refractivity (Wildman–Crippen MR) is 132 cm³/mol. The van der Waals surface area contributed by atoms with E-state index in [0.29, 0.717) is 11.1 Å². The third-order valence-corrected chi connectivity index (χ3v) is 6.84. The average molecular weight is 425 g/mol. The predicted octanol–water partition coefficient (Wildman–Crippen LogP) is 6.37. The summed E-state index contributed by atoms with van der Waals surface area (Å²) in [6, 6.07) is 16.5. The van der Waals surface area contributed by atoms with Gasteiger partial charge in [0.2, 0.25) is 0 Å². The Balaban J connectivity index is 1.50. The van der Waals surface area contributed by atoms with Gasteiger partial charge < -0.3 is 20.0 Å². The molecule has 2 N–H and O–H groups in total. The van der Waals surface area contributed by atoms with Gasteiger partial charge >= 0.3 is 0 Å². The third kappa shape index (κ3) is 2.83. The monoisotopic (exact) mass is 424 g/mol. The minimum Gasteiger partial charge on any atom is -0.506 e. The Kier molecular flexibility index (Phi) is 4.55. The van der Waals surface area contributed by atoms with Crippen molar-refractivity contribution in [2.75, 3.05) is 23.4 Å². The van der Waals surface area contributed by atoms with Crippen LogP contribution in [0, 0.1) is 0 Å². The van der Waals surface area contributed by atoms with Gasteiger partial charge in [-0.05, 0) is 48.4 Å². The zero-order valence-electron chi connectivity index (χ0n) is 18.9. The molecular weight excluding hydrogens is 396 g/mol. The van der Waals surface area contributed by atoms with E-state index in [-0.39, 0.29) is 16.9 Å². The molecule has 5 rings (SSSR count). The summed E-state index contributed by atoms with van der Waals surface area (Å²) in [7, 11) is 2.03. The van der Waals surface area contributed by atoms with Crippen molar-refractivity contribution in [3.05, 3.63) is 112 Å². The number of rotatable bonds is 3. The SMILES string of the molecule is CCN1C=CC(=CC2=C(O)C(C=C3N(C)c4ccccc4C3(C)C)=C2O)c2ccccc21. The van der Waals surface area contributed by atoms with Crippen LogP contribution in [0.3, 0.4) is 0 Å². The van der Waals surface area contributed by atoms with Crippen molar-refractivity contribution in [3.63, 3.8) is 0 Å². The lowest BCUT2D eigenvalue weighted by atomic mass is 9.81.